The normalized spacial score (nSPS) is 17.5. The van der Waals surface area contributed by atoms with Gasteiger partial charge in [-0.2, -0.15) is 0 Å². The number of fused-ring (bicyclic) bond motifs is 1. The van der Waals surface area contributed by atoms with Gasteiger partial charge in [0.25, 0.3) is 0 Å². The number of carboxylic acid groups (broad SMARTS) is 1. The van der Waals surface area contributed by atoms with Gasteiger partial charge in [0.05, 0.1) is 16.8 Å². The van der Waals surface area contributed by atoms with E-state index in [1.165, 1.54) is 24.4 Å². The molecule has 0 radical (unpaired) electrons. The van der Waals surface area contributed by atoms with E-state index in [4.69, 9.17) is 14.6 Å². The van der Waals surface area contributed by atoms with Crippen LogP contribution >= 0.6 is 0 Å². The number of ketones is 1. The number of ether oxygens (including phenoxy) is 2. The van der Waals surface area contributed by atoms with Gasteiger partial charge in [0.2, 0.25) is 6.29 Å². The molecule has 1 aliphatic rings. The molecule has 1 atom stereocenters. The van der Waals surface area contributed by atoms with Crippen molar-refractivity contribution in [2.24, 2.45) is 0 Å². The van der Waals surface area contributed by atoms with Crippen molar-refractivity contribution in [3.05, 3.63) is 65.4 Å². The number of nitrogens with one attached hydrogen (secondary N) is 1. The third-order valence-corrected chi connectivity index (χ3v) is 3.85. The Morgan fingerprint density at radius 3 is 2.77 bits per heavy atom. The number of Topliss-reactive ketones (excluding diaryl/α,β-unsaturated/α-hetero) is 1. The second-order valence-corrected chi connectivity index (χ2v) is 5.48. The first kappa shape index (κ1) is 17.5. The number of rotatable bonds is 5. The van der Waals surface area contributed by atoms with Crippen LogP contribution in [0, 0.1) is 0 Å². The zero-order valence-electron chi connectivity index (χ0n) is 13.9. The van der Waals surface area contributed by atoms with Gasteiger partial charge in [-0.3, -0.25) is 4.79 Å². The maximum atomic E-state index is 12.8. The maximum absolute atomic E-state index is 12.8. The molecule has 0 fully saturated rings. The molecule has 0 aliphatic carbocycles. The molecular weight excluding hydrogens is 338 g/mol. The molecule has 1 heterocycles. The molecule has 0 amide bonds. The summed E-state index contributed by atoms with van der Waals surface area (Å²) in [6, 6.07) is 11.1. The molecule has 0 bridgehead atoms. The number of carboxylic acids is 1. The molecular formula is C19H17NO6. The number of carbonyl (C=O) groups excluding carboxylic acids is 1. The standard InChI is InChI=1S/C19H17NO6/c1-2-25-19-13(16(21)11-6-3-4-9-15(11)26-19)10-20-14-8-5-7-12(17(14)22)18(23)24/h3-10,19-20,22H,2H2,1H3,(H,23,24)/b13-10-/t19-/m1/s1. The van der Waals surface area contributed by atoms with E-state index in [9.17, 15) is 14.7 Å². The fourth-order valence-electron chi connectivity index (χ4n) is 2.60. The third-order valence-electron chi connectivity index (χ3n) is 3.85. The summed E-state index contributed by atoms with van der Waals surface area (Å²) in [6.45, 7) is 2.11. The monoisotopic (exact) mass is 355 g/mol. The van der Waals surface area contributed by atoms with E-state index < -0.39 is 18.0 Å². The van der Waals surface area contributed by atoms with E-state index in [0.29, 0.717) is 17.9 Å². The van der Waals surface area contributed by atoms with Crippen LogP contribution in [0.1, 0.15) is 27.6 Å². The zero-order chi connectivity index (χ0) is 18.7. The number of carbonyl (C=O) groups is 2. The minimum Gasteiger partial charge on any atom is -0.505 e. The lowest BCUT2D eigenvalue weighted by Crippen LogP contribution is -2.33. The second-order valence-electron chi connectivity index (χ2n) is 5.48. The Morgan fingerprint density at radius 2 is 2.04 bits per heavy atom. The molecule has 0 saturated heterocycles. The number of aromatic hydroxyl groups is 1. The van der Waals surface area contributed by atoms with Crippen LogP contribution in [0.5, 0.6) is 11.5 Å². The molecule has 7 nitrogen and oxygen atoms in total. The SMILES string of the molecule is CCO[C@@H]1Oc2ccccc2C(=O)/C1=C/Nc1cccc(C(=O)O)c1O. The minimum absolute atomic E-state index is 0.152. The summed E-state index contributed by atoms with van der Waals surface area (Å²) in [7, 11) is 0. The van der Waals surface area contributed by atoms with Crippen molar-refractivity contribution in [3.8, 4) is 11.5 Å². The number of aromatic carboxylic acids is 1. The van der Waals surface area contributed by atoms with Crippen molar-refractivity contribution >= 4 is 17.4 Å². The molecule has 7 heteroatoms. The van der Waals surface area contributed by atoms with Crippen LogP contribution in [0.3, 0.4) is 0 Å². The predicted molar refractivity (Wildman–Crippen MR) is 93.6 cm³/mol. The summed E-state index contributed by atoms with van der Waals surface area (Å²) in [4.78, 5) is 23.9. The van der Waals surface area contributed by atoms with E-state index in [0.717, 1.165) is 0 Å². The van der Waals surface area contributed by atoms with Gasteiger partial charge in [-0.25, -0.2) is 4.79 Å². The first-order valence-electron chi connectivity index (χ1n) is 7.96. The van der Waals surface area contributed by atoms with Crippen LogP contribution in [0.15, 0.2) is 54.2 Å². The molecule has 0 saturated carbocycles. The molecule has 0 spiro atoms. The predicted octanol–water partition coefficient (Wildman–Crippen LogP) is 3.02. The fraction of sp³-hybridized carbons (Fsp3) is 0.158. The molecule has 134 valence electrons. The molecule has 2 aromatic rings. The lowest BCUT2D eigenvalue weighted by Gasteiger charge is -2.27. The first-order chi connectivity index (χ1) is 12.5. The van der Waals surface area contributed by atoms with Gasteiger partial charge in [0.1, 0.15) is 11.3 Å². The Labute approximate surface area is 149 Å². The summed E-state index contributed by atoms with van der Waals surface area (Å²) < 4.78 is 11.2. The van der Waals surface area contributed by atoms with Crippen molar-refractivity contribution in [2.75, 3.05) is 11.9 Å². The highest BCUT2D eigenvalue weighted by Gasteiger charge is 2.32. The summed E-state index contributed by atoms with van der Waals surface area (Å²) in [5.74, 6) is -1.51. The highest BCUT2D eigenvalue weighted by molar-refractivity contribution is 6.12. The largest absolute Gasteiger partial charge is 0.505 e. The summed E-state index contributed by atoms with van der Waals surface area (Å²) in [5.41, 5.74) is 0.524. The number of hydrogen-bond acceptors (Lipinski definition) is 6. The van der Waals surface area contributed by atoms with Gasteiger partial charge >= 0.3 is 5.97 Å². The van der Waals surface area contributed by atoms with Crippen molar-refractivity contribution in [3.63, 3.8) is 0 Å². The van der Waals surface area contributed by atoms with Gasteiger partial charge in [-0.1, -0.05) is 18.2 Å². The number of anilines is 1. The summed E-state index contributed by atoms with van der Waals surface area (Å²) in [5, 5.41) is 21.9. The van der Waals surface area contributed by atoms with Gasteiger partial charge in [-0.05, 0) is 31.2 Å². The molecule has 3 N–H and O–H groups in total. The van der Waals surface area contributed by atoms with Crippen LogP contribution in [-0.4, -0.2) is 34.9 Å². The van der Waals surface area contributed by atoms with Crippen LogP contribution in [0.4, 0.5) is 5.69 Å². The van der Waals surface area contributed by atoms with Crippen molar-refractivity contribution in [1.29, 1.82) is 0 Å². The number of phenols is 1. The van der Waals surface area contributed by atoms with Gasteiger partial charge in [0.15, 0.2) is 11.5 Å². The van der Waals surface area contributed by atoms with Crippen LogP contribution in [-0.2, 0) is 4.74 Å². The minimum atomic E-state index is -1.25. The summed E-state index contributed by atoms with van der Waals surface area (Å²) >= 11 is 0. The van der Waals surface area contributed by atoms with Crippen LogP contribution < -0.4 is 10.1 Å². The highest BCUT2D eigenvalue weighted by atomic mass is 16.7. The van der Waals surface area contributed by atoms with E-state index in [2.05, 4.69) is 5.32 Å². The average Bonchev–Trinajstić information content (AvgIpc) is 2.62. The Balaban J connectivity index is 1.95. The van der Waals surface area contributed by atoms with E-state index >= 15 is 0 Å². The van der Waals surface area contributed by atoms with Crippen LogP contribution in [0.25, 0.3) is 0 Å². The van der Waals surface area contributed by atoms with E-state index in [-0.39, 0.29) is 22.6 Å². The number of hydrogen-bond donors (Lipinski definition) is 3. The number of para-hydroxylation sites is 2. The van der Waals surface area contributed by atoms with E-state index in [1.807, 2.05) is 0 Å². The Bertz CT molecular complexity index is 889. The van der Waals surface area contributed by atoms with Crippen LogP contribution in [0.2, 0.25) is 0 Å². The zero-order valence-corrected chi connectivity index (χ0v) is 13.9. The van der Waals surface area contributed by atoms with Crippen molar-refractivity contribution in [2.45, 2.75) is 13.2 Å². The topological polar surface area (TPSA) is 105 Å². The van der Waals surface area contributed by atoms with Crippen molar-refractivity contribution < 1.29 is 29.3 Å². The summed E-state index contributed by atoms with van der Waals surface area (Å²) in [6.07, 6.45) is 0.457. The van der Waals surface area contributed by atoms with Gasteiger partial charge in [-0.15, -0.1) is 0 Å². The molecule has 3 rings (SSSR count). The van der Waals surface area contributed by atoms with Gasteiger partial charge in [0, 0.05) is 12.8 Å². The molecule has 1 aliphatic heterocycles. The molecule has 2 aromatic carbocycles. The average molecular weight is 355 g/mol. The lowest BCUT2D eigenvalue weighted by molar-refractivity contribution is -0.0509. The fourth-order valence-corrected chi connectivity index (χ4v) is 2.60. The van der Waals surface area contributed by atoms with Gasteiger partial charge < -0.3 is 25.0 Å². The molecule has 26 heavy (non-hydrogen) atoms. The maximum Gasteiger partial charge on any atom is 0.339 e. The lowest BCUT2D eigenvalue weighted by atomic mass is 10.00. The van der Waals surface area contributed by atoms with Crippen molar-refractivity contribution in [1.82, 2.24) is 0 Å². The Hall–Kier alpha value is -3.32. The smallest absolute Gasteiger partial charge is 0.339 e. The highest BCUT2D eigenvalue weighted by Crippen LogP contribution is 2.32. The quantitative estimate of drug-likeness (QED) is 0.559. The second kappa shape index (κ2) is 7.28. The molecule has 0 aromatic heterocycles. The first-order valence-corrected chi connectivity index (χ1v) is 7.96. The number of benzene rings is 2. The third kappa shape index (κ3) is 3.25. The van der Waals surface area contributed by atoms with E-state index in [1.54, 1.807) is 31.2 Å². The molecule has 0 unspecified atom stereocenters. The Kier molecular flexibility index (Phi) is 4.90. The Morgan fingerprint density at radius 1 is 1.27 bits per heavy atom.